The molecule has 4 aliphatic rings. The minimum absolute atomic E-state index is 0.0945. The normalized spacial score (nSPS) is 23.3. The van der Waals surface area contributed by atoms with Crippen molar-refractivity contribution in [2.75, 3.05) is 26.2 Å². The van der Waals surface area contributed by atoms with E-state index in [-0.39, 0.29) is 5.41 Å². The molecule has 10 heteroatoms. The Kier molecular flexibility index (Phi) is 6.39. The van der Waals surface area contributed by atoms with Crippen LogP contribution in [0.25, 0.3) is 0 Å². The summed E-state index contributed by atoms with van der Waals surface area (Å²) >= 11 is 0. The molecule has 3 amide bonds. The molecule has 5 rings (SSSR count). The Balaban J connectivity index is 1.20. The summed E-state index contributed by atoms with van der Waals surface area (Å²) < 4.78 is 43.6. The summed E-state index contributed by atoms with van der Waals surface area (Å²) in [7, 11) is 0. The summed E-state index contributed by atoms with van der Waals surface area (Å²) in [5, 5.41) is 14.5. The molecule has 2 N–H and O–H groups in total. The maximum Gasteiger partial charge on any atom is 0.318 e. The highest BCUT2D eigenvalue weighted by Crippen LogP contribution is 2.43. The molecule has 0 bridgehead atoms. The zero-order valence-corrected chi connectivity index (χ0v) is 20.2. The SMILES string of the molecule is N#CC1(NC(=O)[C@H](CCC(F)(F)c2ccccc2F)NC(=O)N2CC3(CCN(C4CC4)CC3)C2)CC1. The maximum atomic E-state index is 14.8. The number of benzene rings is 1. The third-order valence-electron chi connectivity index (χ3n) is 8.22. The Morgan fingerprint density at radius 3 is 2.39 bits per heavy atom. The first-order valence-electron chi connectivity index (χ1n) is 12.8. The van der Waals surface area contributed by atoms with Crippen LogP contribution in [0.5, 0.6) is 0 Å². The van der Waals surface area contributed by atoms with Gasteiger partial charge in [-0.2, -0.15) is 5.26 Å². The van der Waals surface area contributed by atoms with E-state index < -0.39 is 53.7 Å². The van der Waals surface area contributed by atoms with Gasteiger partial charge in [-0.05, 0) is 64.1 Å². The fourth-order valence-corrected chi connectivity index (χ4v) is 5.47. The van der Waals surface area contributed by atoms with Gasteiger partial charge in [-0.15, -0.1) is 0 Å². The molecule has 7 nitrogen and oxygen atoms in total. The summed E-state index contributed by atoms with van der Waals surface area (Å²) in [5.74, 6) is -5.20. The predicted molar refractivity (Wildman–Crippen MR) is 125 cm³/mol. The van der Waals surface area contributed by atoms with E-state index in [0.29, 0.717) is 25.9 Å². The Bertz CT molecular complexity index is 1050. The summed E-state index contributed by atoms with van der Waals surface area (Å²) in [6, 6.07) is 5.69. The van der Waals surface area contributed by atoms with E-state index in [1.54, 1.807) is 4.90 Å². The first-order chi connectivity index (χ1) is 17.1. The van der Waals surface area contributed by atoms with Gasteiger partial charge in [-0.25, -0.2) is 18.0 Å². The van der Waals surface area contributed by atoms with Gasteiger partial charge in [0.2, 0.25) is 5.91 Å². The number of hydrogen-bond donors (Lipinski definition) is 2. The first-order valence-corrected chi connectivity index (χ1v) is 12.8. The lowest BCUT2D eigenvalue weighted by Crippen LogP contribution is -2.65. The molecule has 194 valence electrons. The zero-order chi connectivity index (χ0) is 25.6. The van der Waals surface area contributed by atoms with Crippen LogP contribution >= 0.6 is 0 Å². The summed E-state index contributed by atoms with van der Waals surface area (Å²) in [5.41, 5.74) is -1.64. The van der Waals surface area contributed by atoms with E-state index in [2.05, 4.69) is 15.5 Å². The predicted octanol–water partition coefficient (Wildman–Crippen LogP) is 3.51. The zero-order valence-electron chi connectivity index (χ0n) is 20.2. The molecule has 4 fully saturated rings. The maximum absolute atomic E-state index is 14.8. The molecule has 0 unspecified atom stereocenters. The lowest BCUT2D eigenvalue weighted by atomic mass is 9.72. The van der Waals surface area contributed by atoms with Gasteiger partial charge in [0.15, 0.2) is 0 Å². The molecule has 0 radical (unpaired) electrons. The van der Waals surface area contributed by atoms with E-state index >= 15 is 0 Å². The highest BCUT2D eigenvalue weighted by atomic mass is 19.3. The van der Waals surface area contributed by atoms with Crippen LogP contribution in [-0.2, 0) is 10.7 Å². The molecular formula is C26H32F3N5O2. The molecule has 2 aliphatic heterocycles. The lowest BCUT2D eigenvalue weighted by Gasteiger charge is -2.54. The topological polar surface area (TPSA) is 88.5 Å². The number of nitriles is 1. The quantitative estimate of drug-likeness (QED) is 0.568. The lowest BCUT2D eigenvalue weighted by molar-refractivity contribution is -0.124. The Labute approximate surface area is 209 Å². The van der Waals surface area contributed by atoms with Crippen LogP contribution in [0.15, 0.2) is 24.3 Å². The second-order valence-electron chi connectivity index (χ2n) is 11.0. The average molecular weight is 504 g/mol. The van der Waals surface area contributed by atoms with Gasteiger partial charge < -0.3 is 20.4 Å². The fraction of sp³-hybridized carbons (Fsp3) is 0.654. The highest BCUT2D eigenvalue weighted by Gasteiger charge is 2.49. The van der Waals surface area contributed by atoms with E-state index in [4.69, 9.17) is 0 Å². The standard InChI is InChI=1S/C26H32F3N5O2/c27-20-4-2-1-3-19(20)26(28,29)8-7-21(22(35)32-25(15-30)9-10-25)31-23(36)34-16-24(17-34)11-13-33(14-12-24)18-5-6-18/h1-4,18,21H,5-14,16-17H2,(H,31,36)(H,32,35)/t21-/m0/s1. The first kappa shape index (κ1) is 24.9. The summed E-state index contributed by atoms with van der Waals surface area (Å²) in [4.78, 5) is 30.0. The van der Waals surface area contributed by atoms with Crippen LogP contribution in [-0.4, -0.2) is 65.5 Å². The number of nitrogens with zero attached hydrogens (tertiary/aromatic N) is 3. The number of piperidine rings is 1. The molecule has 2 saturated heterocycles. The fourth-order valence-electron chi connectivity index (χ4n) is 5.47. The number of halogens is 3. The van der Waals surface area contributed by atoms with Gasteiger partial charge in [0.1, 0.15) is 17.4 Å². The van der Waals surface area contributed by atoms with Crippen LogP contribution in [0.2, 0.25) is 0 Å². The number of likely N-dealkylation sites (tertiary alicyclic amines) is 2. The number of carbonyl (C=O) groups excluding carboxylic acids is 2. The van der Waals surface area contributed by atoms with Crippen molar-refractivity contribution >= 4 is 11.9 Å². The van der Waals surface area contributed by atoms with Gasteiger partial charge in [-0.1, -0.05) is 18.2 Å². The largest absolute Gasteiger partial charge is 0.336 e. The van der Waals surface area contributed by atoms with Crippen molar-refractivity contribution in [3.8, 4) is 6.07 Å². The molecule has 1 aromatic rings. The smallest absolute Gasteiger partial charge is 0.318 e. The third-order valence-corrected chi connectivity index (χ3v) is 8.22. The Hall–Kier alpha value is -2.80. The van der Waals surface area contributed by atoms with Gasteiger partial charge in [-0.3, -0.25) is 4.79 Å². The number of rotatable bonds is 8. The van der Waals surface area contributed by atoms with Gasteiger partial charge in [0.05, 0.1) is 11.6 Å². The van der Waals surface area contributed by atoms with E-state index in [0.717, 1.165) is 44.1 Å². The molecule has 2 saturated carbocycles. The summed E-state index contributed by atoms with van der Waals surface area (Å²) in [6.45, 7) is 3.23. The van der Waals surface area contributed by atoms with Crippen molar-refractivity contribution in [1.29, 1.82) is 5.26 Å². The van der Waals surface area contributed by atoms with Crippen LogP contribution in [0, 0.1) is 22.6 Å². The third kappa shape index (κ3) is 5.17. The molecular weight excluding hydrogens is 471 g/mol. The molecule has 2 heterocycles. The number of alkyl halides is 2. The second kappa shape index (κ2) is 9.25. The average Bonchev–Trinajstić information content (AvgIpc) is 3.76. The van der Waals surface area contributed by atoms with Crippen LogP contribution < -0.4 is 10.6 Å². The molecule has 1 atom stereocenters. The van der Waals surface area contributed by atoms with Crippen molar-refractivity contribution in [2.45, 2.75) is 74.9 Å². The number of carbonyl (C=O) groups is 2. The van der Waals surface area contributed by atoms with Crippen molar-refractivity contribution < 1.29 is 22.8 Å². The van der Waals surface area contributed by atoms with Crippen molar-refractivity contribution in [3.63, 3.8) is 0 Å². The van der Waals surface area contributed by atoms with E-state index in [1.807, 2.05) is 6.07 Å². The number of amides is 3. The van der Waals surface area contributed by atoms with Gasteiger partial charge in [0.25, 0.3) is 5.92 Å². The van der Waals surface area contributed by atoms with E-state index in [9.17, 15) is 28.0 Å². The Morgan fingerprint density at radius 1 is 1.14 bits per heavy atom. The highest BCUT2D eigenvalue weighted by molar-refractivity contribution is 5.88. The molecule has 36 heavy (non-hydrogen) atoms. The van der Waals surface area contributed by atoms with Crippen molar-refractivity contribution in [3.05, 3.63) is 35.6 Å². The number of nitrogens with one attached hydrogen (secondary N) is 2. The minimum Gasteiger partial charge on any atom is -0.336 e. The molecule has 2 aliphatic carbocycles. The molecule has 0 aromatic heterocycles. The van der Waals surface area contributed by atoms with Gasteiger partial charge >= 0.3 is 6.03 Å². The minimum atomic E-state index is -3.52. The molecule has 1 spiro atoms. The van der Waals surface area contributed by atoms with Gasteiger partial charge in [0, 0.05) is 31.0 Å². The van der Waals surface area contributed by atoms with Crippen molar-refractivity contribution in [1.82, 2.24) is 20.4 Å². The van der Waals surface area contributed by atoms with E-state index in [1.165, 1.54) is 25.0 Å². The van der Waals surface area contributed by atoms with Crippen LogP contribution in [0.3, 0.4) is 0 Å². The van der Waals surface area contributed by atoms with Crippen LogP contribution in [0.1, 0.15) is 56.9 Å². The summed E-state index contributed by atoms with van der Waals surface area (Å²) in [6.07, 6.45) is 4.33. The molecule has 1 aromatic carbocycles. The van der Waals surface area contributed by atoms with Crippen LogP contribution in [0.4, 0.5) is 18.0 Å². The number of hydrogen-bond acceptors (Lipinski definition) is 4. The second-order valence-corrected chi connectivity index (χ2v) is 11.0. The number of urea groups is 1. The monoisotopic (exact) mass is 503 g/mol. The Morgan fingerprint density at radius 2 is 1.81 bits per heavy atom. The van der Waals surface area contributed by atoms with Crippen molar-refractivity contribution in [2.24, 2.45) is 5.41 Å².